The van der Waals surface area contributed by atoms with Gasteiger partial charge in [-0.15, -0.1) is 0 Å². The van der Waals surface area contributed by atoms with Crippen molar-refractivity contribution in [3.8, 4) is 17.5 Å². The highest BCUT2D eigenvalue weighted by atomic mass is 19.1. The molecule has 0 aliphatic rings. The normalized spacial score (nSPS) is 10.3. The molecule has 0 fully saturated rings. The fourth-order valence-corrected chi connectivity index (χ4v) is 1.40. The summed E-state index contributed by atoms with van der Waals surface area (Å²) in [5.74, 6) is -1.43. The lowest BCUT2D eigenvalue weighted by atomic mass is 10.3. The Hall–Kier alpha value is -2.44. The summed E-state index contributed by atoms with van der Waals surface area (Å²) >= 11 is 0. The summed E-state index contributed by atoms with van der Waals surface area (Å²) in [4.78, 5) is 7.61. The van der Waals surface area contributed by atoms with E-state index in [0.29, 0.717) is 6.61 Å². The van der Waals surface area contributed by atoms with Gasteiger partial charge in [-0.05, 0) is 6.92 Å². The molecule has 2 rings (SSSR count). The average Bonchev–Trinajstić information content (AvgIpc) is 2.33. The largest absolute Gasteiger partial charge is 0.476 e. The molecule has 5 nitrogen and oxygen atoms in total. The van der Waals surface area contributed by atoms with E-state index in [1.807, 2.05) is 0 Å². The topological polar surface area (TPSA) is 70.3 Å². The molecule has 1 heterocycles. The molecule has 0 saturated heterocycles. The van der Waals surface area contributed by atoms with Crippen molar-refractivity contribution in [3.05, 3.63) is 36.2 Å². The number of anilines is 1. The number of ether oxygens (including phenoxy) is 2. The van der Waals surface area contributed by atoms with E-state index in [2.05, 4.69) is 9.97 Å². The number of aromatic nitrogens is 2. The molecule has 2 N–H and O–H groups in total. The Morgan fingerprint density at radius 2 is 1.74 bits per heavy atom. The summed E-state index contributed by atoms with van der Waals surface area (Å²) in [5.41, 5.74) is 5.79. The van der Waals surface area contributed by atoms with Crippen LogP contribution in [0.1, 0.15) is 6.92 Å². The summed E-state index contributed by atoms with van der Waals surface area (Å²) in [6, 6.07) is 2.78. The second-order valence-electron chi connectivity index (χ2n) is 3.54. The number of halogens is 2. The van der Waals surface area contributed by atoms with Gasteiger partial charge < -0.3 is 15.2 Å². The van der Waals surface area contributed by atoms with E-state index in [9.17, 15) is 8.78 Å². The first-order valence-electron chi connectivity index (χ1n) is 5.47. The minimum atomic E-state index is -0.757. The summed E-state index contributed by atoms with van der Waals surface area (Å²) in [6.07, 6.45) is 1.19. The van der Waals surface area contributed by atoms with Crippen LogP contribution < -0.4 is 15.2 Å². The van der Waals surface area contributed by atoms with Gasteiger partial charge in [0, 0.05) is 18.2 Å². The SMILES string of the molecule is CCOc1ncnc(Oc2cc(F)cc(F)c2)c1N. The molecule has 7 heteroatoms. The molecule has 0 atom stereocenters. The maximum atomic E-state index is 13.0. The number of hydrogen-bond donors (Lipinski definition) is 1. The number of benzene rings is 1. The van der Waals surface area contributed by atoms with Gasteiger partial charge >= 0.3 is 0 Å². The lowest BCUT2D eigenvalue weighted by Crippen LogP contribution is -2.03. The van der Waals surface area contributed by atoms with E-state index in [1.165, 1.54) is 6.33 Å². The Morgan fingerprint density at radius 1 is 1.11 bits per heavy atom. The molecule has 0 aliphatic heterocycles. The molecule has 19 heavy (non-hydrogen) atoms. The highest BCUT2D eigenvalue weighted by Crippen LogP contribution is 2.31. The van der Waals surface area contributed by atoms with Gasteiger partial charge in [0.15, 0.2) is 5.69 Å². The zero-order valence-electron chi connectivity index (χ0n) is 10.1. The van der Waals surface area contributed by atoms with Crippen molar-refractivity contribution in [3.63, 3.8) is 0 Å². The lowest BCUT2D eigenvalue weighted by Gasteiger charge is -2.10. The molecule has 0 radical (unpaired) electrons. The van der Waals surface area contributed by atoms with Gasteiger partial charge in [0.1, 0.15) is 23.7 Å². The van der Waals surface area contributed by atoms with E-state index in [0.717, 1.165) is 18.2 Å². The van der Waals surface area contributed by atoms with Crippen molar-refractivity contribution in [2.75, 3.05) is 12.3 Å². The van der Waals surface area contributed by atoms with Gasteiger partial charge in [0.2, 0.25) is 11.8 Å². The zero-order valence-corrected chi connectivity index (χ0v) is 10.1. The third-order valence-electron chi connectivity index (χ3n) is 2.14. The Morgan fingerprint density at radius 3 is 2.37 bits per heavy atom. The van der Waals surface area contributed by atoms with Crippen LogP contribution in [0.2, 0.25) is 0 Å². The minimum Gasteiger partial charge on any atom is -0.476 e. The van der Waals surface area contributed by atoms with E-state index in [4.69, 9.17) is 15.2 Å². The summed E-state index contributed by atoms with van der Waals surface area (Å²) in [5, 5.41) is 0. The lowest BCUT2D eigenvalue weighted by molar-refractivity contribution is 0.325. The van der Waals surface area contributed by atoms with Crippen LogP contribution >= 0.6 is 0 Å². The molecule has 0 amide bonds. The van der Waals surface area contributed by atoms with Crippen LogP contribution in [0, 0.1) is 11.6 Å². The van der Waals surface area contributed by atoms with Crippen molar-refractivity contribution in [1.29, 1.82) is 0 Å². The zero-order chi connectivity index (χ0) is 13.8. The van der Waals surface area contributed by atoms with E-state index < -0.39 is 11.6 Å². The third-order valence-corrected chi connectivity index (χ3v) is 2.14. The first-order chi connectivity index (χ1) is 9.10. The first-order valence-corrected chi connectivity index (χ1v) is 5.47. The fourth-order valence-electron chi connectivity index (χ4n) is 1.40. The number of nitrogens with two attached hydrogens (primary N) is 1. The second-order valence-corrected chi connectivity index (χ2v) is 3.54. The predicted octanol–water partition coefficient (Wildman–Crippen LogP) is 2.53. The maximum absolute atomic E-state index is 13.0. The maximum Gasteiger partial charge on any atom is 0.249 e. The molecule has 1 aromatic carbocycles. The Kier molecular flexibility index (Phi) is 3.74. The van der Waals surface area contributed by atoms with Crippen LogP contribution in [0.5, 0.6) is 17.5 Å². The van der Waals surface area contributed by atoms with Crippen molar-refractivity contribution >= 4 is 5.69 Å². The van der Waals surface area contributed by atoms with E-state index in [1.54, 1.807) is 6.92 Å². The summed E-state index contributed by atoms with van der Waals surface area (Å²) in [7, 11) is 0. The predicted molar refractivity (Wildman–Crippen MR) is 64.0 cm³/mol. The molecule has 1 aromatic heterocycles. The average molecular weight is 267 g/mol. The van der Waals surface area contributed by atoms with Gasteiger partial charge in [-0.3, -0.25) is 0 Å². The molecule has 0 aliphatic carbocycles. The number of nitrogen functional groups attached to an aromatic ring is 1. The van der Waals surface area contributed by atoms with E-state index >= 15 is 0 Å². The Bertz CT molecular complexity index is 573. The molecule has 0 saturated carbocycles. The molecule has 2 aromatic rings. The molecule has 100 valence electrons. The second kappa shape index (κ2) is 5.47. The number of rotatable bonds is 4. The Labute approximate surface area is 108 Å². The van der Waals surface area contributed by atoms with Crippen molar-refractivity contribution < 1.29 is 18.3 Å². The van der Waals surface area contributed by atoms with Crippen LogP contribution in [0.15, 0.2) is 24.5 Å². The third kappa shape index (κ3) is 3.06. The molecular formula is C12H11F2N3O2. The van der Waals surface area contributed by atoms with Crippen molar-refractivity contribution in [2.24, 2.45) is 0 Å². The molecule has 0 bridgehead atoms. The quantitative estimate of drug-likeness (QED) is 0.921. The van der Waals surface area contributed by atoms with Crippen molar-refractivity contribution in [2.45, 2.75) is 6.92 Å². The van der Waals surface area contributed by atoms with Crippen LogP contribution in [-0.4, -0.2) is 16.6 Å². The standard InChI is InChI=1S/C12H11F2N3O2/c1-2-18-11-10(15)12(17-6-16-11)19-9-4-7(13)3-8(14)5-9/h3-6H,2,15H2,1H3. The van der Waals surface area contributed by atoms with Crippen LogP contribution in [0.3, 0.4) is 0 Å². The summed E-state index contributed by atoms with van der Waals surface area (Å²) < 4.78 is 36.4. The van der Waals surface area contributed by atoms with Gasteiger partial charge in [0.25, 0.3) is 0 Å². The summed E-state index contributed by atoms with van der Waals surface area (Å²) in [6.45, 7) is 2.14. The monoisotopic (exact) mass is 267 g/mol. The minimum absolute atomic E-state index is 0.0246. The molecule has 0 spiro atoms. The number of hydrogen-bond acceptors (Lipinski definition) is 5. The molecule has 0 unspecified atom stereocenters. The van der Waals surface area contributed by atoms with Gasteiger partial charge in [-0.2, -0.15) is 9.97 Å². The fraction of sp³-hybridized carbons (Fsp3) is 0.167. The first kappa shape index (κ1) is 13.0. The number of nitrogens with zero attached hydrogens (tertiary/aromatic N) is 2. The van der Waals surface area contributed by atoms with Gasteiger partial charge in [0.05, 0.1) is 6.61 Å². The molecular weight excluding hydrogens is 256 g/mol. The van der Waals surface area contributed by atoms with Crippen LogP contribution in [0.4, 0.5) is 14.5 Å². The van der Waals surface area contributed by atoms with Crippen LogP contribution in [0.25, 0.3) is 0 Å². The van der Waals surface area contributed by atoms with Crippen molar-refractivity contribution in [1.82, 2.24) is 9.97 Å². The van der Waals surface area contributed by atoms with Crippen LogP contribution in [-0.2, 0) is 0 Å². The Balaban J connectivity index is 2.30. The smallest absolute Gasteiger partial charge is 0.249 e. The highest BCUT2D eigenvalue weighted by Gasteiger charge is 2.12. The van der Waals surface area contributed by atoms with Gasteiger partial charge in [-0.25, -0.2) is 8.78 Å². The van der Waals surface area contributed by atoms with Gasteiger partial charge in [-0.1, -0.05) is 0 Å². The van der Waals surface area contributed by atoms with E-state index in [-0.39, 0.29) is 23.2 Å². The highest BCUT2D eigenvalue weighted by molar-refractivity contribution is 5.56.